The van der Waals surface area contributed by atoms with Gasteiger partial charge in [0.15, 0.2) is 0 Å². The van der Waals surface area contributed by atoms with Gasteiger partial charge in [-0.15, -0.1) is 0 Å². The van der Waals surface area contributed by atoms with Gasteiger partial charge in [0.05, 0.1) is 13.2 Å². The Balaban J connectivity index is 1.68. The number of unbranched alkanes of at least 4 members (excludes halogenated alkanes) is 1. The minimum atomic E-state index is 0.907. The van der Waals surface area contributed by atoms with E-state index >= 15 is 0 Å². The summed E-state index contributed by atoms with van der Waals surface area (Å²) in [5, 5.41) is 0. The van der Waals surface area contributed by atoms with Gasteiger partial charge in [0.25, 0.3) is 0 Å². The van der Waals surface area contributed by atoms with Crippen molar-refractivity contribution in [2.24, 2.45) is 0 Å². The topological polar surface area (TPSA) is 25.4 Å². The molecule has 0 bridgehead atoms. The Labute approximate surface area is 110 Å². The quantitative estimate of drug-likeness (QED) is 0.722. The van der Waals surface area contributed by atoms with E-state index in [0.29, 0.717) is 0 Å². The normalized spacial score (nSPS) is 16.9. The predicted molar refractivity (Wildman–Crippen MR) is 73.8 cm³/mol. The molecule has 100 valence electrons. The number of aryl methyl sites for hydroxylation is 2. The highest BCUT2D eigenvalue weighted by atomic mass is 16.5. The summed E-state index contributed by atoms with van der Waals surface area (Å²) >= 11 is 0. The molecule has 1 aromatic heterocycles. The third-order valence-electron chi connectivity index (χ3n) is 3.66. The van der Waals surface area contributed by atoms with E-state index in [1.807, 2.05) is 12.4 Å². The summed E-state index contributed by atoms with van der Waals surface area (Å²) in [7, 11) is 0. The Morgan fingerprint density at radius 2 is 2.06 bits per heavy atom. The first-order valence-corrected chi connectivity index (χ1v) is 7.12. The number of morpholine rings is 1. The van der Waals surface area contributed by atoms with Crippen molar-refractivity contribution in [3.63, 3.8) is 0 Å². The molecule has 0 unspecified atom stereocenters. The van der Waals surface area contributed by atoms with Crippen molar-refractivity contribution in [3.8, 4) is 0 Å². The highest BCUT2D eigenvalue weighted by Gasteiger charge is 2.09. The molecule has 0 spiro atoms. The molecule has 2 heterocycles. The van der Waals surface area contributed by atoms with Crippen LogP contribution >= 0.6 is 0 Å². The van der Waals surface area contributed by atoms with Crippen molar-refractivity contribution >= 4 is 0 Å². The fraction of sp³-hybridized carbons (Fsp3) is 0.667. The molecule has 0 aliphatic carbocycles. The molecule has 1 aromatic rings. The Hall–Kier alpha value is -0.930. The number of hydrogen-bond acceptors (Lipinski definition) is 3. The Morgan fingerprint density at radius 3 is 2.83 bits per heavy atom. The van der Waals surface area contributed by atoms with Gasteiger partial charge in [0, 0.05) is 25.5 Å². The zero-order chi connectivity index (χ0) is 12.6. The molecule has 2 rings (SSSR count). The highest BCUT2D eigenvalue weighted by Crippen LogP contribution is 2.11. The van der Waals surface area contributed by atoms with Gasteiger partial charge in [-0.05, 0) is 49.4 Å². The van der Waals surface area contributed by atoms with Crippen molar-refractivity contribution < 1.29 is 4.74 Å². The van der Waals surface area contributed by atoms with E-state index in [1.54, 1.807) is 0 Å². The fourth-order valence-electron chi connectivity index (χ4n) is 2.49. The van der Waals surface area contributed by atoms with Gasteiger partial charge in [-0.3, -0.25) is 9.88 Å². The smallest absolute Gasteiger partial charge is 0.0594 e. The van der Waals surface area contributed by atoms with E-state index in [9.17, 15) is 0 Å². The van der Waals surface area contributed by atoms with Crippen molar-refractivity contribution in [1.29, 1.82) is 0 Å². The van der Waals surface area contributed by atoms with Gasteiger partial charge in [-0.1, -0.05) is 6.92 Å². The third-order valence-corrected chi connectivity index (χ3v) is 3.66. The number of pyridine rings is 1. The lowest BCUT2D eigenvalue weighted by Crippen LogP contribution is -2.36. The van der Waals surface area contributed by atoms with Crippen molar-refractivity contribution in [2.75, 3.05) is 32.8 Å². The van der Waals surface area contributed by atoms with E-state index in [4.69, 9.17) is 4.74 Å². The summed E-state index contributed by atoms with van der Waals surface area (Å²) in [6, 6.07) is 2.17. The maximum Gasteiger partial charge on any atom is 0.0594 e. The molecule has 0 amide bonds. The van der Waals surface area contributed by atoms with Crippen molar-refractivity contribution in [1.82, 2.24) is 9.88 Å². The van der Waals surface area contributed by atoms with Gasteiger partial charge in [-0.25, -0.2) is 0 Å². The molecular weight excluding hydrogens is 224 g/mol. The fourth-order valence-corrected chi connectivity index (χ4v) is 2.49. The lowest BCUT2D eigenvalue weighted by Gasteiger charge is -2.26. The molecule has 0 atom stereocenters. The van der Waals surface area contributed by atoms with E-state index in [2.05, 4.69) is 22.9 Å². The highest BCUT2D eigenvalue weighted by molar-refractivity contribution is 5.23. The first-order chi connectivity index (χ1) is 8.90. The van der Waals surface area contributed by atoms with Crippen molar-refractivity contribution in [3.05, 3.63) is 29.6 Å². The number of hydrogen-bond donors (Lipinski definition) is 0. The molecule has 1 saturated heterocycles. The van der Waals surface area contributed by atoms with Crippen LogP contribution in [0.1, 0.15) is 30.9 Å². The van der Waals surface area contributed by atoms with Crippen LogP contribution in [0.25, 0.3) is 0 Å². The molecule has 0 aromatic carbocycles. The Kier molecular flexibility index (Phi) is 5.62. The van der Waals surface area contributed by atoms with Crippen LogP contribution in [-0.4, -0.2) is 42.7 Å². The minimum absolute atomic E-state index is 0.907. The Bertz CT molecular complexity index is 348. The lowest BCUT2D eigenvalue weighted by molar-refractivity contribution is 0.0372. The summed E-state index contributed by atoms with van der Waals surface area (Å²) in [6.45, 7) is 7.45. The second-order valence-electron chi connectivity index (χ2n) is 4.91. The minimum Gasteiger partial charge on any atom is -0.379 e. The first kappa shape index (κ1) is 13.5. The Morgan fingerprint density at radius 1 is 1.22 bits per heavy atom. The van der Waals surface area contributed by atoms with Crippen LogP contribution in [0.15, 0.2) is 18.5 Å². The van der Waals surface area contributed by atoms with Gasteiger partial charge in [-0.2, -0.15) is 0 Å². The maximum absolute atomic E-state index is 5.36. The molecule has 0 N–H and O–H groups in total. The van der Waals surface area contributed by atoms with Crippen LogP contribution in [-0.2, 0) is 17.6 Å². The molecule has 3 nitrogen and oxygen atoms in total. The summed E-state index contributed by atoms with van der Waals surface area (Å²) in [5.74, 6) is 0. The zero-order valence-electron chi connectivity index (χ0n) is 11.4. The molecule has 1 fully saturated rings. The maximum atomic E-state index is 5.36. The summed E-state index contributed by atoms with van der Waals surface area (Å²) in [6.07, 6.45) is 8.76. The summed E-state index contributed by atoms with van der Waals surface area (Å²) < 4.78 is 5.36. The van der Waals surface area contributed by atoms with Gasteiger partial charge in [0.2, 0.25) is 0 Å². The van der Waals surface area contributed by atoms with Gasteiger partial charge < -0.3 is 4.74 Å². The monoisotopic (exact) mass is 248 g/mol. The number of aromatic nitrogens is 1. The van der Waals surface area contributed by atoms with Crippen LogP contribution in [0.3, 0.4) is 0 Å². The van der Waals surface area contributed by atoms with Crippen LogP contribution < -0.4 is 0 Å². The van der Waals surface area contributed by atoms with Crippen LogP contribution in [0.4, 0.5) is 0 Å². The molecule has 0 saturated carbocycles. The third kappa shape index (κ3) is 4.07. The molecule has 1 aliphatic heterocycles. The average Bonchev–Trinajstić information content (AvgIpc) is 2.45. The molecule has 3 heteroatoms. The molecular formula is C15H24N2O. The van der Waals surface area contributed by atoms with Crippen LogP contribution in [0.5, 0.6) is 0 Å². The summed E-state index contributed by atoms with van der Waals surface area (Å²) in [4.78, 5) is 6.71. The first-order valence-electron chi connectivity index (χ1n) is 7.12. The van der Waals surface area contributed by atoms with E-state index in [-0.39, 0.29) is 0 Å². The molecule has 1 aliphatic rings. The molecule has 18 heavy (non-hydrogen) atoms. The largest absolute Gasteiger partial charge is 0.379 e. The summed E-state index contributed by atoms with van der Waals surface area (Å²) in [5.41, 5.74) is 2.89. The van der Waals surface area contributed by atoms with Gasteiger partial charge >= 0.3 is 0 Å². The van der Waals surface area contributed by atoms with E-state index < -0.39 is 0 Å². The predicted octanol–water partition coefficient (Wildman–Crippen LogP) is 2.30. The van der Waals surface area contributed by atoms with Gasteiger partial charge in [0.1, 0.15) is 0 Å². The SMILES string of the molecule is CCc1cnccc1CCCCN1CCOCC1. The van der Waals surface area contributed by atoms with Crippen molar-refractivity contribution in [2.45, 2.75) is 32.6 Å². The van der Waals surface area contributed by atoms with Crippen LogP contribution in [0, 0.1) is 0 Å². The van der Waals surface area contributed by atoms with Crippen LogP contribution in [0.2, 0.25) is 0 Å². The van der Waals surface area contributed by atoms with E-state index in [1.165, 1.54) is 36.9 Å². The lowest BCUT2D eigenvalue weighted by atomic mass is 10.0. The second-order valence-corrected chi connectivity index (χ2v) is 4.91. The second kappa shape index (κ2) is 7.49. The number of nitrogens with zero attached hydrogens (tertiary/aromatic N) is 2. The average molecular weight is 248 g/mol. The molecule has 0 radical (unpaired) electrons. The number of ether oxygens (including phenoxy) is 1. The zero-order valence-corrected chi connectivity index (χ0v) is 11.4. The number of rotatable bonds is 6. The van der Waals surface area contributed by atoms with E-state index in [0.717, 1.165) is 32.7 Å². The standard InChI is InChI=1S/C15H24N2O/c1-2-14-13-16-7-6-15(14)5-3-4-8-17-9-11-18-12-10-17/h6-7,13H,2-5,8-12H2,1H3.